The molecule has 2 atom stereocenters. The van der Waals surface area contributed by atoms with Crippen molar-refractivity contribution >= 4 is 0 Å². The second-order valence-corrected chi connectivity index (χ2v) is 3.13. The molecule has 0 aromatic rings. The third-order valence-electron chi connectivity index (χ3n) is 2.37. The molecule has 3 nitrogen and oxygen atoms in total. The second kappa shape index (κ2) is 3.52. The number of hydrogen-bond donors (Lipinski definition) is 0. The second-order valence-electron chi connectivity index (χ2n) is 3.13. The minimum absolute atomic E-state index is 0.297. The van der Waals surface area contributed by atoms with E-state index in [4.69, 9.17) is 14.2 Å². The van der Waals surface area contributed by atoms with Crippen molar-refractivity contribution in [2.75, 3.05) is 13.6 Å². The molecule has 1 heterocycles. The van der Waals surface area contributed by atoms with Crippen molar-refractivity contribution in [3.63, 3.8) is 0 Å². The normalized spacial score (nSPS) is 39.3. The van der Waals surface area contributed by atoms with Crippen LogP contribution in [-0.2, 0) is 14.2 Å². The monoisotopic (exact) mass is 158 g/mol. The lowest BCUT2D eigenvalue weighted by molar-refractivity contribution is -0.0879. The molecule has 0 amide bonds. The van der Waals surface area contributed by atoms with Crippen LogP contribution in [0.1, 0.15) is 25.7 Å². The summed E-state index contributed by atoms with van der Waals surface area (Å²) < 4.78 is 16.0. The number of ether oxygens (including phenoxy) is 3. The van der Waals surface area contributed by atoms with Gasteiger partial charge in [0, 0.05) is 0 Å². The van der Waals surface area contributed by atoms with Gasteiger partial charge >= 0.3 is 0 Å². The minimum Gasteiger partial charge on any atom is -0.349 e. The van der Waals surface area contributed by atoms with Crippen molar-refractivity contribution in [2.24, 2.45) is 0 Å². The first-order valence-corrected chi connectivity index (χ1v) is 4.28. The van der Waals surface area contributed by atoms with E-state index in [1.165, 1.54) is 12.8 Å². The van der Waals surface area contributed by atoms with Crippen LogP contribution in [0.5, 0.6) is 0 Å². The average molecular weight is 158 g/mol. The van der Waals surface area contributed by atoms with Gasteiger partial charge in [0.15, 0.2) is 0 Å². The van der Waals surface area contributed by atoms with Gasteiger partial charge in [0.25, 0.3) is 0 Å². The van der Waals surface area contributed by atoms with E-state index < -0.39 is 0 Å². The molecule has 2 aliphatic rings. The molecular formula is C8H14O3. The number of fused-ring (bicyclic) bond motifs is 1. The maximum absolute atomic E-state index is 5.46. The summed E-state index contributed by atoms with van der Waals surface area (Å²) in [5.74, 6) is 0. The van der Waals surface area contributed by atoms with E-state index in [1.807, 2.05) is 0 Å². The Labute approximate surface area is 66.6 Å². The largest absolute Gasteiger partial charge is 0.349 e. The maximum atomic E-state index is 5.46. The standard InChI is InChI=1S/C8H14O3/c1-2-4-8-7(3-1)10-5-9-6-11-8/h7-8H,1-6H2. The summed E-state index contributed by atoms with van der Waals surface area (Å²) in [5.41, 5.74) is 0. The first kappa shape index (κ1) is 7.53. The van der Waals surface area contributed by atoms with Gasteiger partial charge in [-0.3, -0.25) is 0 Å². The van der Waals surface area contributed by atoms with E-state index in [9.17, 15) is 0 Å². The van der Waals surface area contributed by atoms with Gasteiger partial charge in [0.2, 0.25) is 0 Å². The molecule has 0 N–H and O–H groups in total. The molecule has 1 aliphatic heterocycles. The topological polar surface area (TPSA) is 27.7 Å². The van der Waals surface area contributed by atoms with E-state index in [0.29, 0.717) is 25.8 Å². The fraction of sp³-hybridized carbons (Fsp3) is 1.00. The van der Waals surface area contributed by atoms with Gasteiger partial charge in [-0.25, -0.2) is 0 Å². The number of hydrogen-bond acceptors (Lipinski definition) is 3. The highest BCUT2D eigenvalue weighted by molar-refractivity contribution is 4.76. The predicted octanol–water partition coefficient (Wildman–Crippen LogP) is 1.28. The van der Waals surface area contributed by atoms with Crippen molar-refractivity contribution in [1.82, 2.24) is 0 Å². The molecular weight excluding hydrogens is 144 g/mol. The summed E-state index contributed by atoms with van der Waals surface area (Å²) in [6, 6.07) is 0. The molecule has 1 saturated carbocycles. The molecule has 1 aliphatic carbocycles. The highest BCUT2D eigenvalue weighted by atomic mass is 16.8. The number of rotatable bonds is 0. The Balaban J connectivity index is 1.93. The third-order valence-corrected chi connectivity index (χ3v) is 2.37. The van der Waals surface area contributed by atoms with E-state index in [1.54, 1.807) is 0 Å². The summed E-state index contributed by atoms with van der Waals surface area (Å²) in [4.78, 5) is 0. The molecule has 3 heteroatoms. The smallest absolute Gasteiger partial charge is 0.150 e. The summed E-state index contributed by atoms with van der Waals surface area (Å²) in [7, 11) is 0. The lowest BCUT2D eigenvalue weighted by Crippen LogP contribution is -2.32. The molecule has 0 spiro atoms. The molecule has 0 aromatic carbocycles. The van der Waals surface area contributed by atoms with Gasteiger partial charge in [0.05, 0.1) is 12.2 Å². The Bertz CT molecular complexity index is 113. The zero-order chi connectivity index (χ0) is 7.52. The van der Waals surface area contributed by atoms with E-state index in [2.05, 4.69) is 0 Å². The molecule has 0 aromatic heterocycles. The molecule has 2 fully saturated rings. The van der Waals surface area contributed by atoms with Gasteiger partial charge in [-0.05, 0) is 12.8 Å². The van der Waals surface area contributed by atoms with Crippen LogP contribution in [0.15, 0.2) is 0 Å². The van der Waals surface area contributed by atoms with Crippen LogP contribution in [0.4, 0.5) is 0 Å². The summed E-state index contributed by atoms with van der Waals surface area (Å²) >= 11 is 0. The first-order chi connectivity index (χ1) is 5.47. The Morgan fingerprint density at radius 1 is 0.818 bits per heavy atom. The molecule has 2 unspecified atom stereocenters. The highest BCUT2D eigenvalue weighted by Gasteiger charge is 2.28. The molecule has 11 heavy (non-hydrogen) atoms. The summed E-state index contributed by atoms with van der Waals surface area (Å²) in [6.07, 6.45) is 5.40. The van der Waals surface area contributed by atoms with Crippen LogP contribution < -0.4 is 0 Å². The lowest BCUT2D eigenvalue weighted by Gasteiger charge is -2.27. The lowest BCUT2D eigenvalue weighted by atomic mass is 9.95. The third kappa shape index (κ3) is 1.72. The van der Waals surface area contributed by atoms with Crippen molar-refractivity contribution in [1.29, 1.82) is 0 Å². The van der Waals surface area contributed by atoms with Crippen LogP contribution in [0, 0.1) is 0 Å². The molecule has 1 saturated heterocycles. The van der Waals surface area contributed by atoms with Gasteiger partial charge in [-0.15, -0.1) is 0 Å². The van der Waals surface area contributed by atoms with Gasteiger partial charge in [-0.2, -0.15) is 0 Å². The van der Waals surface area contributed by atoms with Crippen LogP contribution in [0.25, 0.3) is 0 Å². The fourth-order valence-electron chi connectivity index (χ4n) is 1.75. The summed E-state index contributed by atoms with van der Waals surface area (Å²) in [6.45, 7) is 0.808. The van der Waals surface area contributed by atoms with Gasteiger partial charge < -0.3 is 14.2 Å². The van der Waals surface area contributed by atoms with Crippen molar-refractivity contribution in [2.45, 2.75) is 37.9 Å². The highest BCUT2D eigenvalue weighted by Crippen LogP contribution is 2.25. The van der Waals surface area contributed by atoms with Crippen LogP contribution >= 0.6 is 0 Å². The molecule has 0 radical (unpaired) electrons. The Kier molecular flexibility index (Phi) is 2.41. The van der Waals surface area contributed by atoms with Gasteiger partial charge in [-0.1, -0.05) is 12.8 Å². The van der Waals surface area contributed by atoms with Crippen molar-refractivity contribution in [3.05, 3.63) is 0 Å². The zero-order valence-electron chi connectivity index (χ0n) is 6.62. The van der Waals surface area contributed by atoms with Crippen LogP contribution in [-0.4, -0.2) is 25.8 Å². The first-order valence-electron chi connectivity index (χ1n) is 4.28. The molecule has 2 rings (SSSR count). The molecule has 64 valence electrons. The Morgan fingerprint density at radius 3 is 1.91 bits per heavy atom. The zero-order valence-corrected chi connectivity index (χ0v) is 6.62. The van der Waals surface area contributed by atoms with E-state index in [0.717, 1.165) is 12.8 Å². The maximum Gasteiger partial charge on any atom is 0.150 e. The van der Waals surface area contributed by atoms with Crippen LogP contribution in [0.3, 0.4) is 0 Å². The fourth-order valence-corrected chi connectivity index (χ4v) is 1.75. The van der Waals surface area contributed by atoms with Gasteiger partial charge in [0.1, 0.15) is 13.6 Å². The van der Waals surface area contributed by atoms with E-state index >= 15 is 0 Å². The Hall–Kier alpha value is -0.120. The average Bonchev–Trinajstić information content (AvgIpc) is 2.28. The SMILES string of the molecule is C1CCC2OCOCOC2C1. The summed E-state index contributed by atoms with van der Waals surface area (Å²) in [5, 5.41) is 0. The van der Waals surface area contributed by atoms with E-state index in [-0.39, 0.29) is 0 Å². The minimum atomic E-state index is 0.297. The Morgan fingerprint density at radius 2 is 1.36 bits per heavy atom. The quantitative estimate of drug-likeness (QED) is 0.531. The predicted molar refractivity (Wildman–Crippen MR) is 39.0 cm³/mol. The van der Waals surface area contributed by atoms with Crippen molar-refractivity contribution < 1.29 is 14.2 Å². The van der Waals surface area contributed by atoms with Crippen LogP contribution in [0.2, 0.25) is 0 Å². The van der Waals surface area contributed by atoms with Crippen molar-refractivity contribution in [3.8, 4) is 0 Å². The molecule has 0 bridgehead atoms.